The number of carbonyl (C=O) groups is 1. The van der Waals surface area contributed by atoms with Gasteiger partial charge in [-0.15, -0.1) is 0 Å². The van der Waals surface area contributed by atoms with Crippen LogP contribution in [-0.2, 0) is 17.6 Å². The zero-order chi connectivity index (χ0) is 17.9. The van der Waals surface area contributed by atoms with Gasteiger partial charge in [-0.3, -0.25) is 0 Å². The second kappa shape index (κ2) is 7.19. The molecule has 7 nitrogen and oxygen atoms in total. The molecule has 1 N–H and O–H groups in total. The van der Waals surface area contributed by atoms with Crippen molar-refractivity contribution in [3.8, 4) is 5.88 Å². The standard InChI is InChI=1S/C19H22N4O3/c24-17(25)13-26-18-15-7-4-8-16(15)20-19(21-18)23-11-9-22(10-12-23)14-5-2-1-3-6-14/h1-3,5-6H,4,7-13H2,(H,24,25). The van der Waals surface area contributed by atoms with E-state index in [9.17, 15) is 4.79 Å². The minimum atomic E-state index is -0.992. The van der Waals surface area contributed by atoms with Gasteiger partial charge in [0.2, 0.25) is 11.8 Å². The fraction of sp³-hybridized carbons (Fsp3) is 0.421. The third-order valence-electron chi connectivity index (χ3n) is 4.90. The Hall–Kier alpha value is -2.83. The van der Waals surface area contributed by atoms with Gasteiger partial charge in [-0.1, -0.05) is 18.2 Å². The molecule has 1 fully saturated rings. The van der Waals surface area contributed by atoms with Crippen LogP contribution in [0.3, 0.4) is 0 Å². The molecule has 0 unspecified atom stereocenters. The van der Waals surface area contributed by atoms with Crippen molar-refractivity contribution in [1.29, 1.82) is 0 Å². The summed E-state index contributed by atoms with van der Waals surface area (Å²) in [6.07, 6.45) is 2.77. The highest BCUT2D eigenvalue weighted by Gasteiger charge is 2.25. The number of ether oxygens (including phenoxy) is 1. The molecule has 2 aromatic rings. The first-order chi connectivity index (χ1) is 12.7. The van der Waals surface area contributed by atoms with Crippen molar-refractivity contribution in [3.05, 3.63) is 41.6 Å². The number of para-hydroxylation sites is 1. The quantitative estimate of drug-likeness (QED) is 0.876. The summed E-state index contributed by atoms with van der Waals surface area (Å²) in [6, 6.07) is 10.4. The number of piperazine rings is 1. The van der Waals surface area contributed by atoms with Crippen LogP contribution in [0.25, 0.3) is 0 Å². The Bertz CT molecular complexity index is 789. The second-order valence-corrected chi connectivity index (χ2v) is 6.60. The van der Waals surface area contributed by atoms with Gasteiger partial charge in [-0.05, 0) is 31.4 Å². The summed E-state index contributed by atoms with van der Waals surface area (Å²) in [5.74, 6) is 0.0996. The van der Waals surface area contributed by atoms with Gasteiger partial charge >= 0.3 is 5.97 Å². The van der Waals surface area contributed by atoms with Crippen molar-refractivity contribution in [3.63, 3.8) is 0 Å². The molecule has 2 heterocycles. The number of fused-ring (bicyclic) bond motifs is 1. The van der Waals surface area contributed by atoms with Gasteiger partial charge in [0, 0.05) is 37.4 Å². The zero-order valence-electron chi connectivity index (χ0n) is 14.6. The maximum absolute atomic E-state index is 10.8. The first kappa shape index (κ1) is 16.6. The first-order valence-electron chi connectivity index (χ1n) is 9.00. The maximum Gasteiger partial charge on any atom is 0.341 e. The number of aromatic nitrogens is 2. The Labute approximate surface area is 152 Å². The first-order valence-corrected chi connectivity index (χ1v) is 9.00. The molecule has 1 aliphatic heterocycles. The topological polar surface area (TPSA) is 78.8 Å². The van der Waals surface area contributed by atoms with E-state index in [2.05, 4.69) is 39.0 Å². The van der Waals surface area contributed by atoms with Crippen LogP contribution in [0.5, 0.6) is 5.88 Å². The Morgan fingerprint density at radius 3 is 2.50 bits per heavy atom. The van der Waals surface area contributed by atoms with Crippen molar-refractivity contribution in [2.45, 2.75) is 19.3 Å². The van der Waals surface area contributed by atoms with E-state index < -0.39 is 5.97 Å². The van der Waals surface area contributed by atoms with Crippen LogP contribution in [0.2, 0.25) is 0 Å². The Kier molecular flexibility index (Phi) is 4.60. The van der Waals surface area contributed by atoms with Crippen LogP contribution < -0.4 is 14.5 Å². The van der Waals surface area contributed by atoms with E-state index in [1.54, 1.807) is 0 Å². The molecule has 0 atom stereocenters. The third kappa shape index (κ3) is 3.42. The molecule has 1 aromatic heterocycles. The summed E-state index contributed by atoms with van der Waals surface area (Å²) in [7, 11) is 0. The van der Waals surface area contributed by atoms with E-state index in [4.69, 9.17) is 14.8 Å². The van der Waals surface area contributed by atoms with Crippen molar-refractivity contribution >= 4 is 17.6 Å². The van der Waals surface area contributed by atoms with Gasteiger partial charge in [0.1, 0.15) is 0 Å². The number of aryl methyl sites for hydroxylation is 1. The largest absolute Gasteiger partial charge is 0.479 e. The van der Waals surface area contributed by atoms with Crippen LogP contribution >= 0.6 is 0 Å². The number of carboxylic acid groups (broad SMARTS) is 1. The van der Waals surface area contributed by atoms with Crippen molar-refractivity contribution < 1.29 is 14.6 Å². The number of benzene rings is 1. The van der Waals surface area contributed by atoms with E-state index in [0.29, 0.717) is 11.8 Å². The van der Waals surface area contributed by atoms with Crippen molar-refractivity contribution in [2.75, 3.05) is 42.6 Å². The van der Waals surface area contributed by atoms with Crippen molar-refractivity contribution in [1.82, 2.24) is 9.97 Å². The Balaban J connectivity index is 1.50. The number of carboxylic acids is 1. The average molecular weight is 354 g/mol. The summed E-state index contributed by atoms with van der Waals surface area (Å²) >= 11 is 0. The monoisotopic (exact) mass is 354 g/mol. The molecule has 0 radical (unpaired) electrons. The molecule has 136 valence electrons. The Morgan fingerprint density at radius 1 is 1.04 bits per heavy atom. The van der Waals surface area contributed by atoms with E-state index in [-0.39, 0.29) is 6.61 Å². The predicted octanol–water partition coefficient (Wildman–Crippen LogP) is 1.76. The van der Waals surface area contributed by atoms with Gasteiger partial charge in [0.25, 0.3) is 0 Å². The number of anilines is 2. The van der Waals surface area contributed by atoms with Crippen LogP contribution in [0.1, 0.15) is 17.7 Å². The van der Waals surface area contributed by atoms with Gasteiger partial charge in [0.05, 0.1) is 5.69 Å². The zero-order valence-corrected chi connectivity index (χ0v) is 14.6. The van der Waals surface area contributed by atoms with E-state index in [1.807, 2.05) is 6.07 Å². The molecular formula is C19H22N4O3. The molecular weight excluding hydrogens is 332 g/mol. The molecule has 4 rings (SSSR count). The highest BCUT2D eigenvalue weighted by molar-refractivity contribution is 5.68. The fourth-order valence-corrected chi connectivity index (χ4v) is 3.58. The smallest absolute Gasteiger partial charge is 0.341 e. The second-order valence-electron chi connectivity index (χ2n) is 6.60. The molecule has 26 heavy (non-hydrogen) atoms. The molecule has 1 aliphatic carbocycles. The number of aliphatic carboxylic acids is 1. The number of nitrogens with zero attached hydrogens (tertiary/aromatic N) is 4. The average Bonchev–Trinajstić information content (AvgIpc) is 3.15. The van der Waals surface area contributed by atoms with Gasteiger partial charge < -0.3 is 19.6 Å². The lowest BCUT2D eigenvalue weighted by Gasteiger charge is -2.36. The molecule has 0 bridgehead atoms. The molecule has 1 saturated heterocycles. The van der Waals surface area contributed by atoms with E-state index >= 15 is 0 Å². The number of hydrogen-bond acceptors (Lipinski definition) is 6. The predicted molar refractivity (Wildman–Crippen MR) is 98.1 cm³/mol. The summed E-state index contributed by atoms with van der Waals surface area (Å²) in [6.45, 7) is 3.08. The van der Waals surface area contributed by atoms with E-state index in [0.717, 1.165) is 56.7 Å². The summed E-state index contributed by atoms with van der Waals surface area (Å²) in [4.78, 5) is 24.6. The molecule has 0 saturated carbocycles. The van der Waals surface area contributed by atoms with Gasteiger partial charge in [0.15, 0.2) is 6.61 Å². The lowest BCUT2D eigenvalue weighted by molar-refractivity contribution is -0.139. The minimum absolute atomic E-state index is 0.370. The lowest BCUT2D eigenvalue weighted by Crippen LogP contribution is -2.47. The highest BCUT2D eigenvalue weighted by Crippen LogP contribution is 2.30. The minimum Gasteiger partial charge on any atom is -0.479 e. The molecule has 2 aliphatic rings. The molecule has 1 aromatic carbocycles. The van der Waals surface area contributed by atoms with Crippen LogP contribution in [0, 0.1) is 0 Å². The molecule has 0 spiro atoms. The van der Waals surface area contributed by atoms with Crippen molar-refractivity contribution in [2.24, 2.45) is 0 Å². The molecule has 0 amide bonds. The number of hydrogen-bond donors (Lipinski definition) is 1. The van der Waals surface area contributed by atoms with Crippen LogP contribution in [-0.4, -0.2) is 53.8 Å². The third-order valence-corrected chi connectivity index (χ3v) is 4.90. The Morgan fingerprint density at radius 2 is 1.77 bits per heavy atom. The van der Waals surface area contributed by atoms with Crippen LogP contribution in [0.15, 0.2) is 30.3 Å². The van der Waals surface area contributed by atoms with E-state index in [1.165, 1.54) is 5.69 Å². The summed E-state index contributed by atoms with van der Waals surface area (Å²) in [5, 5.41) is 8.89. The SMILES string of the molecule is O=C(O)COc1nc(N2CCN(c3ccccc3)CC2)nc2c1CCC2. The lowest BCUT2D eigenvalue weighted by atomic mass is 10.2. The summed E-state index contributed by atoms with van der Waals surface area (Å²) in [5.41, 5.74) is 3.20. The summed E-state index contributed by atoms with van der Waals surface area (Å²) < 4.78 is 5.44. The maximum atomic E-state index is 10.8. The van der Waals surface area contributed by atoms with Crippen LogP contribution in [0.4, 0.5) is 11.6 Å². The highest BCUT2D eigenvalue weighted by atomic mass is 16.5. The normalized spacial score (nSPS) is 16.5. The number of rotatable bonds is 5. The van der Waals surface area contributed by atoms with Gasteiger partial charge in [-0.25, -0.2) is 9.78 Å². The fourth-order valence-electron chi connectivity index (χ4n) is 3.58. The molecule has 7 heteroatoms. The van der Waals surface area contributed by atoms with Gasteiger partial charge in [-0.2, -0.15) is 4.98 Å².